The molecule has 1 rings (SSSR count). The van der Waals surface area contributed by atoms with Crippen LogP contribution in [0.2, 0.25) is 0 Å². The Hall–Kier alpha value is -1.53. The van der Waals surface area contributed by atoms with E-state index < -0.39 is 29.7 Å². The Bertz CT molecular complexity index is 362. The highest BCUT2D eigenvalue weighted by Crippen LogP contribution is 2.30. The molecule has 0 radical (unpaired) electrons. The maximum absolute atomic E-state index is 12.7. The molecule has 3 N–H and O–H groups in total. The molecule has 0 bridgehead atoms. The van der Waals surface area contributed by atoms with Gasteiger partial charge in [-0.1, -0.05) is 0 Å². The third-order valence-corrected chi connectivity index (χ3v) is 1.40. The lowest BCUT2D eigenvalue weighted by Gasteiger charge is -2.12. The first-order chi connectivity index (χ1) is 5.97. The number of H-pyrrole nitrogens is 1. The van der Waals surface area contributed by atoms with E-state index in [1.807, 2.05) is 4.98 Å². The molecule has 7 heteroatoms. The van der Waals surface area contributed by atoms with Crippen molar-refractivity contribution in [1.29, 1.82) is 0 Å². The van der Waals surface area contributed by atoms with Crippen molar-refractivity contribution < 1.29 is 13.2 Å². The van der Waals surface area contributed by atoms with Gasteiger partial charge in [0.15, 0.2) is 6.67 Å². The van der Waals surface area contributed by atoms with E-state index in [0.717, 1.165) is 0 Å². The highest BCUT2D eigenvalue weighted by molar-refractivity contribution is 5.39. The molecule has 0 atom stereocenters. The first kappa shape index (κ1) is 9.56. The van der Waals surface area contributed by atoms with Gasteiger partial charge in [-0.25, -0.2) is 14.2 Å². The van der Waals surface area contributed by atoms with Crippen LogP contribution in [0.4, 0.5) is 19.0 Å². The summed E-state index contributed by atoms with van der Waals surface area (Å²) in [5.41, 5.74) is 3.38. The molecular formula is C6H6F3N3O. The Labute approximate surface area is 70.6 Å². The number of anilines is 1. The van der Waals surface area contributed by atoms with Gasteiger partial charge in [-0.3, -0.25) is 4.98 Å². The number of rotatable bonds is 2. The second kappa shape index (κ2) is 3.08. The number of hydrogen-bond donors (Lipinski definition) is 2. The highest BCUT2D eigenvalue weighted by Gasteiger charge is 2.34. The summed E-state index contributed by atoms with van der Waals surface area (Å²) in [7, 11) is 0. The van der Waals surface area contributed by atoms with Crippen molar-refractivity contribution in [2.24, 2.45) is 0 Å². The maximum Gasteiger partial charge on any atom is 0.346 e. The predicted octanol–water partition coefficient (Wildman–Crippen LogP) is 0.413. The molecule has 1 aromatic heterocycles. The van der Waals surface area contributed by atoms with Crippen LogP contribution in [0.1, 0.15) is 5.56 Å². The fraction of sp³-hybridized carbons (Fsp3) is 0.333. The molecule has 0 saturated heterocycles. The van der Waals surface area contributed by atoms with Crippen molar-refractivity contribution in [3.63, 3.8) is 0 Å². The highest BCUT2D eigenvalue weighted by atomic mass is 19.3. The number of nitrogen functional groups attached to an aromatic ring is 1. The molecule has 4 nitrogen and oxygen atoms in total. The summed E-state index contributed by atoms with van der Waals surface area (Å²) >= 11 is 0. The molecule has 1 aromatic rings. The molecule has 0 fully saturated rings. The Morgan fingerprint density at radius 2 is 2.23 bits per heavy atom. The Kier molecular flexibility index (Phi) is 2.26. The summed E-state index contributed by atoms with van der Waals surface area (Å²) in [5.74, 6) is -4.27. The first-order valence-electron chi connectivity index (χ1n) is 3.26. The fourth-order valence-electron chi connectivity index (χ4n) is 0.771. The van der Waals surface area contributed by atoms with Gasteiger partial charge in [0.05, 0.1) is 5.56 Å². The Morgan fingerprint density at radius 3 is 2.69 bits per heavy atom. The summed E-state index contributed by atoms with van der Waals surface area (Å²) in [4.78, 5) is 15.3. The second-order valence-corrected chi connectivity index (χ2v) is 2.35. The number of halogens is 3. The number of aromatic amines is 1. The van der Waals surface area contributed by atoms with Gasteiger partial charge in [0.2, 0.25) is 0 Å². The smallest absolute Gasteiger partial charge is 0.346 e. The quantitative estimate of drug-likeness (QED) is 0.714. The molecule has 72 valence electrons. The minimum absolute atomic E-state index is 0.563. The summed E-state index contributed by atoms with van der Waals surface area (Å²) in [6.45, 7) is -1.88. The van der Waals surface area contributed by atoms with E-state index in [9.17, 15) is 18.0 Å². The van der Waals surface area contributed by atoms with E-state index in [-0.39, 0.29) is 0 Å². The molecule has 0 aliphatic heterocycles. The fourth-order valence-corrected chi connectivity index (χ4v) is 0.771. The molecule has 0 saturated carbocycles. The van der Waals surface area contributed by atoms with Gasteiger partial charge in [-0.05, 0) is 0 Å². The van der Waals surface area contributed by atoms with Crippen LogP contribution in [0.25, 0.3) is 0 Å². The maximum atomic E-state index is 12.7. The Morgan fingerprint density at radius 1 is 1.62 bits per heavy atom. The molecule has 0 unspecified atom stereocenters. The van der Waals surface area contributed by atoms with Crippen LogP contribution in [0.3, 0.4) is 0 Å². The van der Waals surface area contributed by atoms with Crippen molar-refractivity contribution in [1.82, 2.24) is 9.97 Å². The zero-order valence-electron chi connectivity index (χ0n) is 6.35. The van der Waals surface area contributed by atoms with E-state index in [4.69, 9.17) is 5.73 Å². The van der Waals surface area contributed by atoms with E-state index >= 15 is 0 Å². The molecular weight excluding hydrogens is 187 g/mol. The second-order valence-electron chi connectivity index (χ2n) is 2.35. The molecule has 0 aromatic carbocycles. The van der Waals surface area contributed by atoms with Gasteiger partial charge < -0.3 is 5.73 Å². The number of alkyl halides is 3. The van der Waals surface area contributed by atoms with Crippen molar-refractivity contribution in [2.75, 3.05) is 12.4 Å². The van der Waals surface area contributed by atoms with Gasteiger partial charge in [0.1, 0.15) is 5.82 Å². The predicted molar refractivity (Wildman–Crippen MR) is 39.1 cm³/mol. The number of nitrogens with one attached hydrogen (secondary N) is 1. The lowest BCUT2D eigenvalue weighted by atomic mass is 10.2. The lowest BCUT2D eigenvalue weighted by molar-refractivity contribution is -0.0279. The number of nitrogens with two attached hydrogens (primary N) is 1. The first-order valence-corrected chi connectivity index (χ1v) is 3.26. The molecule has 0 spiro atoms. The number of aromatic nitrogens is 2. The lowest BCUT2D eigenvalue weighted by Crippen LogP contribution is -2.23. The van der Waals surface area contributed by atoms with E-state index in [2.05, 4.69) is 4.98 Å². The topological polar surface area (TPSA) is 71.8 Å². The summed E-state index contributed by atoms with van der Waals surface area (Å²) < 4.78 is 37.1. The third-order valence-electron chi connectivity index (χ3n) is 1.40. The van der Waals surface area contributed by atoms with Crippen molar-refractivity contribution in [3.8, 4) is 0 Å². The zero-order chi connectivity index (χ0) is 10.1. The van der Waals surface area contributed by atoms with Crippen LogP contribution < -0.4 is 11.4 Å². The zero-order valence-corrected chi connectivity index (χ0v) is 6.35. The average molecular weight is 193 g/mol. The van der Waals surface area contributed by atoms with Crippen molar-refractivity contribution in [3.05, 3.63) is 22.2 Å². The van der Waals surface area contributed by atoms with Crippen molar-refractivity contribution >= 4 is 5.82 Å². The van der Waals surface area contributed by atoms with Gasteiger partial charge >= 0.3 is 11.6 Å². The van der Waals surface area contributed by atoms with E-state index in [1.165, 1.54) is 0 Å². The standard InChI is InChI=1S/C6H6F3N3O/c7-2-6(8,9)3-1-11-5(13)12-4(3)10/h1H,2H2,(H3,10,11,12,13). The number of nitrogens with zero attached hydrogens (tertiary/aromatic N) is 1. The van der Waals surface area contributed by atoms with Crippen LogP contribution >= 0.6 is 0 Å². The minimum atomic E-state index is -3.71. The molecule has 0 amide bonds. The third kappa shape index (κ3) is 1.79. The van der Waals surface area contributed by atoms with Crippen LogP contribution in [-0.2, 0) is 5.92 Å². The Balaban J connectivity index is 3.23. The van der Waals surface area contributed by atoms with Gasteiger partial charge in [0, 0.05) is 6.20 Å². The molecule has 0 aliphatic rings. The summed E-state index contributed by atoms with van der Waals surface area (Å²) in [6.07, 6.45) is 0.563. The van der Waals surface area contributed by atoms with Gasteiger partial charge in [-0.15, -0.1) is 0 Å². The molecule has 1 heterocycles. The van der Waals surface area contributed by atoms with Crippen molar-refractivity contribution in [2.45, 2.75) is 5.92 Å². The van der Waals surface area contributed by atoms with E-state index in [0.29, 0.717) is 6.20 Å². The van der Waals surface area contributed by atoms with Crippen LogP contribution in [0.5, 0.6) is 0 Å². The molecule has 13 heavy (non-hydrogen) atoms. The van der Waals surface area contributed by atoms with Crippen LogP contribution in [-0.4, -0.2) is 16.6 Å². The number of hydrogen-bond acceptors (Lipinski definition) is 3. The monoisotopic (exact) mass is 193 g/mol. The van der Waals surface area contributed by atoms with E-state index in [1.54, 1.807) is 0 Å². The van der Waals surface area contributed by atoms with Gasteiger partial charge in [-0.2, -0.15) is 8.78 Å². The average Bonchev–Trinajstić information content (AvgIpc) is 2.03. The van der Waals surface area contributed by atoms with Gasteiger partial charge in [0.25, 0.3) is 0 Å². The largest absolute Gasteiger partial charge is 0.385 e. The normalized spacial score (nSPS) is 11.6. The van der Waals surface area contributed by atoms with Crippen LogP contribution in [0, 0.1) is 0 Å². The summed E-state index contributed by atoms with van der Waals surface area (Å²) in [6, 6.07) is 0. The minimum Gasteiger partial charge on any atom is -0.385 e. The SMILES string of the molecule is Nc1[nH]c(=O)ncc1C(F)(F)CF. The summed E-state index contributed by atoms with van der Waals surface area (Å²) in [5, 5.41) is 0. The van der Waals surface area contributed by atoms with Crippen LogP contribution in [0.15, 0.2) is 11.0 Å². The molecule has 0 aliphatic carbocycles.